The molecule has 0 atom stereocenters. The second-order valence-corrected chi connectivity index (χ2v) is 6.39. The standard InChI is InChI=1S/C17H10BrNOS/c18-14-6-3-7-16(13(14)10-19)21-17-9-8-15(20)11-4-1-2-5-12(11)17/h1-9,20H. The maximum Gasteiger partial charge on any atom is 0.123 e. The molecule has 0 aliphatic heterocycles. The highest BCUT2D eigenvalue weighted by molar-refractivity contribution is 9.10. The molecule has 0 fully saturated rings. The van der Waals surface area contributed by atoms with Gasteiger partial charge in [-0.05, 0) is 45.6 Å². The van der Waals surface area contributed by atoms with Gasteiger partial charge in [-0.15, -0.1) is 0 Å². The molecule has 0 amide bonds. The molecule has 0 aliphatic rings. The maximum atomic E-state index is 9.94. The fourth-order valence-corrected chi connectivity index (χ4v) is 3.81. The minimum Gasteiger partial charge on any atom is -0.507 e. The number of nitriles is 1. The number of aromatic hydroxyl groups is 1. The number of rotatable bonds is 2. The number of phenolic OH excluding ortho intramolecular Hbond substituents is 1. The van der Waals surface area contributed by atoms with E-state index >= 15 is 0 Å². The molecule has 1 N–H and O–H groups in total. The second-order valence-electron chi connectivity index (χ2n) is 4.46. The highest BCUT2D eigenvalue weighted by atomic mass is 79.9. The van der Waals surface area contributed by atoms with Crippen LogP contribution in [0.4, 0.5) is 0 Å². The average molecular weight is 356 g/mol. The van der Waals surface area contributed by atoms with Crippen LogP contribution in [0, 0.1) is 11.3 Å². The first kappa shape index (κ1) is 14.0. The lowest BCUT2D eigenvalue weighted by atomic mass is 10.1. The van der Waals surface area contributed by atoms with Crippen molar-refractivity contribution in [1.29, 1.82) is 5.26 Å². The van der Waals surface area contributed by atoms with E-state index in [1.54, 1.807) is 6.07 Å². The smallest absolute Gasteiger partial charge is 0.123 e. The van der Waals surface area contributed by atoms with Gasteiger partial charge in [0.1, 0.15) is 11.8 Å². The van der Waals surface area contributed by atoms with Crippen molar-refractivity contribution in [3.8, 4) is 11.8 Å². The van der Waals surface area contributed by atoms with E-state index in [1.165, 1.54) is 11.8 Å². The molecule has 0 saturated heterocycles. The van der Waals surface area contributed by atoms with Crippen LogP contribution in [-0.2, 0) is 0 Å². The van der Waals surface area contributed by atoms with Crippen molar-refractivity contribution >= 4 is 38.5 Å². The molecular weight excluding hydrogens is 346 g/mol. The zero-order valence-electron chi connectivity index (χ0n) is 10.9. The van der Waals surface area contributed by atoms with Crippen LogP contribution >= 0.6 is 27.7 Å². The predicted molar refractivity (Wildman–Crippen MR) is 88.6 cm³/mol. The largest absolute Gasteiger partial charge is 0.507 e. The summed E-state index contributed by atoms with van der Waals surface area (Å²) < 4.78 is 0.790. The zero-order chi connectivity index (χ0) is 14.8. The minimum absolute atomic E-state index is 0.268. The zero-order valence-corrected chi connectivity index (χ0v) is 13.3. The van der Waals surface area contributed by atoms with Crippen LogP contribution in [0.3, 0.4) is 0 Å². The molecule has 0 aromatic heterocycles. The number of hydrogen-bond donors (Lipinski definition) is 1. The van der Waals surface area contributed by atoms with Crippen molar-refractivity contribution in [2.45, 2.75) is 9.79 Å². The van der Waals surface area contributed by atoms with Gasteiger partial charge in [0.15, 0.2) is 0 Å². The number of hydrogen-bond acceptors (Lipinski definition) is 3. The SMILES string of the molecule is N#Cc1c(Br)cccc1Sc1ccc(O)c2ccccc12. The lowest BCUT2D eigenvalue weighted by molar-refractivity contribution is 0.481. The van der Waals surface area contributed by atoms with Crippen molar-refractivity contribution in [2.75, 3.05) is 0 Å². The van der Waals surface area contributed by atoms with E-state index in [0.717, 1.165) is 25.0 Å². The quantitative estimate of drug-likeness (QED) is 0.675. The molecule has 2 nitrogen and oxygen atoms in total. The molecule has 0 heterocycles. The Morgan fingerprint density at radius 1 is 0.905 bits per heavy atom. The number of phenols is 1. The van der Waals surface area contributed by atoms with E-state index in [0.29, 0.717) is 5.56 Å². The van der Waals surface area contributed by atoms with Crippen molar-refractivity contribution in [3.05, 3.63) is 64.6 Å². The fourth-order valence-electron chi connectivity index (χ4n) is 2.16. The summed E-state index contributed by atoms with van der Waals surface area (Å²) in [5.41, 5.74) is 0.625. The van der Waals surface area contributed by atoms with Gasteiger partial charge in [-0.2, -0.15) is 5.26 Å². The van der Waals surface area contributed by atoms with Gasteiger partial charge in [0.2, 0.25) is 0 Å². The summed E-state index contributed by atoms with van der Waals surface area (Å²) in [4.78, 5) is 1.90. The predicted octanol–water partition coefficient (Wildman–Crippen LogP) is 5.33. The molecule has 4 heteroatoms. The summed E-state index contributed by atoms with van der Waals surface area (Å²) in [6.07, 6.45) is 0. The summed E-state index contributed by atoms with van der Waals surface area (Å²) in [5, 5.41) is 21.0. The van der Waals surface area contributed by atoms with Gasteiger partial charge in [0.25, 0.3) is 0 Å². The van der Waals surface area contributed by atoms with Crippen molar-refractivity contribution < 1.29 is 5.11 Å². The Kier molecular flexibility index (Phi) is 3.87. The van der Waals surface area contributed by atoms with Crippen molar-refractivity contribution in [2.24, 2.45) is 0 Å². The first-order chi connectivity index (χ1) is 10.2. The average Bonchev–Trinajstić information content (AvgIpc) is 2.51. The number of nitrogens with zero attached hydrogens (tertiary/aromatic N) is 1. The molecule has 3 aromatic carbocycles. The Hall–Kier alpha value is -1.96. The van der Waals surface area contributed by atoms with Crippen LogP contribution in [-0.4, -0.2) is 5.11 Å². The van der Waals surface area contributed by atoms with E-state index in [2.05, 4.69) is 22.0 Å². The van der Waals surface area contributed by atoms with Gasteiger partial charge in [0.05, 0.1) is 5.56 Å². The number of benzene rings is 3. The molecule has 0 bridgehead atoms. The van der Waals surface area contributed by atoms with E-state index in [4.69, 9.17) is 0 Å². The molecule has 0 spiro atoms. The summed E-state index contributed by atoms with van der Waals surface area (Å²) >= 11 is 4.93. The molecule has 3 aromatic rings. The van der Waals surface area contributed by atoms with E-state index in [-0.39, 0.29) is 5.75 Å². The molecule has 0 unspecified atom stereocenters. The second kappa shape index (κ2) is 5.80. The van der Waals surface area contributed by atoms with Crippen LogP contribution in [0.15, 0.2) is 68.9 Å². The topological polar surface area (TPSA) is 44.0 Å². The normalized spacial score (nSPS) is 10.5. The Morgan fingerprint density at radius 2 is 1.67 bits per heavy atom. The van der Waals surface area contributed by atoms with Crippen molar-refractivity contribution in [1.82, 2.24) is 0 Å². The first-order valence-electron chi connectivity index (χ1n) is 6.28. The van der Waals surface area contributed by atoms with Crippen LogP contribution in [0.2, 0.25) is 0 Å². The summed E-state index contributed by atoms with van der Waals surface area (Å²) in [7, 11) is 0. The van der Waals surface area contributed by atoms with Gasteiger partial charge < -0.3 is 5.11 Å². The minimum atomic E-state index is 0.268. The Morgan fingerprint density at radius 3 is 2.43 bits per heavy atom. The van der Waals surface area contributed by atoms with Gasteiger partial charge in [-0.25, -0.2) is 0 Å². The molecule has 0 aliphatic carbocycles. The molecule has 3 rings (SSSR count). The Bertz CT molecular complexity index is 870. The molecule has 102 valence electrons. The lowest BCUT2D eigenvalue weighted by Gasteiger charge is -2.09. The third-order valence-electron chi connectivity index (χ3n) is 3.17. The van der Waals surface area contributed by atoms with Gasteiger partial charge >= 0.3 is 0 Å². The van der Waals surface area contributed by atoms with Crippen LogP contribution in [0.5, 0.6) is 5.75 Å². The third kappa shape index (κ3) is 2.63. The number of halogens is 1. The van der Waals surface area contributed by atoms with Crippen LogP contribution < -0.4 is 0 Å². The number of fused-ring (bicyclic) bond motifs is 1. The lowest BCUT2D eigenvalue weighted by Crippen LogP contribution is -1.84. The highest BCUT2D eigenvalue weighted by Gasteiger charge is 2.11. The van der Waals surface area contributed by atoms with Gasteiger partial charge in [-0.1, -0.05) is 42.1 Å². The van der Waals surface area contributed by atoms with E-state index in [1.807, 2.05) is 48.5 Å². The molecule has 21 heavy (non-hydrogen) atoms. The molecular formula is C17H10BrNOS. The fraction of sp³-hybridized carbons (Fsp3) is 0. The summed E-state index contributed by atoms with van der Waals surface area (Å²) in [5.74, 6) is 0.268. The third-order valence-corrected chi connectivity index (χ3v) is 4.97. The summed E-state index contributed by atoms with van der Waals surface area (Å²) in [6.45, 7) is 0. The monoisotopic (exact) mass is 355 g/mol. The van der Waals surface area contributed by atoms with Crippen LogP contribution in [0.25, 0.3) is 10.8 Å². The first-order valence-corrected chi connectivity index (χ1v) is 7.89. The Labute approximate surface area is 135 Å². The van der Waals surface area contributed by atoms with Crippen LogP contribution in [0.1, 0.15) is 5.56 Å². The molecule has 0 saturated carbocycles. The van der Waals surface area contributed by atoms with E-state index in [9.17, 15) is 10.4 Å². The highest BCUT2D eigenvalue weighted by Crippen LogP contribution is 2.39. The molecule has 0 radical (unpaired) electrons. The van der Waals surface area contributed by atoms with E-state index < -0.39 is 0 Å². The maximum absolute atomic E-state index is 9.94. The van der Waals surface area contributed by atoms with Gasteiger partial charge in [0, 0.05) is 19.6 Å². The summed E-state index contributed by atoms with van der Waals surface area (Å²) in [6, 6.07) is 19.2. The Balaban J connectivity index is 2.14. The van der Waals surface area contributed by atoms with Gasteiger partial charge in [-0.3, -0.25) is 0 Å². The van der Waals surface area contributed by atoms with Crippen molar-refractivity contribution in [3.63, 3.8) is 0 Å².